The number of nitrogens with zero attached hydrogens (tertiary/aromatic N) is 9. The van der Waals surface area contributed by atoms with Gasteiger partial charge in [-0.3, -0.25) is 13.9 Å². The van der Waals surface area contributed by atoms with Gasteiger partial charge in [-0.1, -0.05) is 19.6 Å². The van der Waals surface area contributed by atoms with Crippen molar-refractivity contribution in [3.63, 3.8) is 0 Å². The first-order valence-electron chi connectivity index (χ1n) is 24.3. The molecule has 3 saturated heterocycles. The molecule has 0 radical (unpaired) electrons. The molecule has 3 aromatic rings. The molecule has 3 fully saturated rings. The fraction of sp³-hybridized carbons (Fsp3) is 0.682. The van der Waals surface area contributed by atoms with Crippen molar-refractivity contribution in [1.29, 1.82) is 0 Å². The summed E-state index contributed by atoms with van der Waals surface area (Å²) < 4.78 is 68.3. The van der Waals surface area contributed by atoms with Crippen LogP contribution in [0.1, 0.15) is 38.6 Å². The van der Waals surface area contributed by atoms with E-state index < -0.39 is 113 Å². The largest absolute Gasteiger partial charge is 0.518 e. The van der Waals surface area contributed by atoms with Crippen molar-refractivity contribution >= 4 is 64.2 Å². The third-order valence-corrected chi connectivity index (χ3v) is 11.8. The summed E-state index contributed by atoms with van der Waals surface area (Å²) in [4.78, 5) is 110. The molecule has 3 aliphatic heterocycles. The Kier molecular flexibility index (Phi) is 28.0. The van der Waals surface area contributed by atoms with Gasteiger partial charge < -0.3 is 87.9 Å². The van der Waals surface area contributed by atoms with E-state index in [1.807, 2.05) is 0 Å². The van der Waals surface area contributed by atoms with Crippen molar-refractivity contribution < 1.29 is 95.5 Å². The number of nitrogens with two attached hydrogens (primary N) is 2. The maximum atomic E-state index is 11.9. The lowest BCUT2D eigenvalue weighted by Gasteiger charge is -2.20. The molecule has 7 N–H and O–H groups in total. The molecular formula is C44H72N12O22Si2. The Balaban J connectivity index is 0.000000286. The van der Waals surface area contributed by atoms with Crippen molar-refractivity contribution in [2.24, 2.45) is 0 Å². The van der Waals surface area contributed by atoms with Crippen molar-refractivity contribution in [2.45, 2.75) is 121 Å². The zero-order valence-corrected chi connectivity index (χ0v) is 48.2. The number of ether oxygens (including phenoxy) is 12. The number of hydrogen-bond acceptors (Lipinski definition) is 32. The number of hydrogen-bond donors (Lipinski definition) is 5. The number of aliphatic hydroxyl groups is 2. The minimum absolute atomic E-state index is 0.112. The van der Waals surface area contributed by atoms with E-state index in [0.717, 1.165) is 9.13 Å². The lowest BCUT2D eigenvalue weighted by atomic mass is 10.2. The first-order chi connectivity index (χ1) is 37.7. The second kappa shape index (κ2) is 33.1. The summed E-state index contributed by atoms with van der Waals surface area (Å²) in [5.41, 5.74) is 9.34. The highest BCUT2D eigenvalue weighted by Crippen LogP contribution is 2.31. The number of aliphatic hydroxyl groups excluding tert-OH is 2. The highest BCUT2D eigenvalue weighted by atomic mass is 28.4. The molecule has 448 valence electrons. The second-order valence-corrected chi connectivity index (χ2v) is 28.3. The molecule has 0 bridgehead atoms. The van der Waals surface area contributed by atoms with E-state index in [9.17, 15) is 38.7 Å². The van der Waals surface area contributed by atoms with E-state index in [2.05, 4.69) is 93.4 Å². The number of aromatic nitrogens is 9. The van der Waals surface area contributed by atoms with Crippen molar-refractivity contribution in [2.75, 3.05) is 91.1 Å². The average Bonchev–Trinajstić information content (AvgIpc) is 4.05. The smallest absolute Gasteiger partial charge is 0.354 e. The van der Waals surface area contributed by atoms with Gasteiger partial charge in [0.2, 0.25) is 32.5 Å². The molecule has 0 saturated carbocycles. The Bertz CT molecular complexity index is 2540. The lowest BCUT2D eigenvalue weighted by molar-refractivity contribution is -0.181. The maximum absolute atomic E-state index is 11.9. The SMILES string of the molecule is COCC(=O)OC[C@H]1O[C@@H](n2cnc(N)nc2=O)C[C@H]1OC(=O)COC.COCC(=O)OC[C@H]1O[C@H](OC(C)=O)C[C@H]1OC(=O)COC.C[Si](C)(C)Nc1ncnc(O[Si](C)(C)C)n1.Nc1ncn([C@H]2C[C@@H](O)[C@@H](CO)O2)c(=O)n1. The summed E-state index contributed by atoms with van der Waals surface area (Å²) >= 11 is 0. The van der Waals surface area contributed by atoms with E-state index >= 15 is 0 Å². The lowest BCUT2D eigenvalue weighted by Crippen LogP contribution is -2.34. The molecule has 0 unspecified atom stereocenters. The van der Waals surface area contributed by atoms with E-state index in [4.69, 9.17) is 63.6 Å². The number of rotatable bonds is 22. The Morgan fingerprint density at radius 3 is 1.55 bits per heavy atom. The van der Waals surface area contributed by atoms with Crippen molar-refractivity contribution in [1.82, 2.24) is 44.0 Å². The number of nitrogen functional groups attached to an aromatic ring is 2. The van der Waals surface area contributed by atoms with Crippen LogP contribution in [0.25, 0.3) is 0 Å². The first kappa shape index (κ1) is 67.5. The van der Waals surface area contributed by atoms with Crippen LogP contribution >= 0.6 is 0 Å². The standard InChI is InChI=1S/C14H20N4O8.C13H20O9.C9H20N4OSi2.C8H12N4O4/c1-22-5-11(19)24-4-9-8(26-12(20)6-23-2)3-10(25-9)18-7-16-13(15)17-14(18)21;1-8(14)20-13-4-9(21-12(16)7-18-3)10(22-13)5-19-11(15)6-17-2;1-15(2,3)13-8-10-7-11-9(12-8)14-16(4,5)6;9-7-10-3-12(8(15)11-7)6-1-4(14)5(2-13)16-6/h7-10H,3-6H2,1-2H3,(H2,15,17,21);9-10,13H,4-7H2,1-3H3;7H,1-6H3,(H,10,11,12,13);3-6,13-14H,1-2H2,(H2,9,11,15)/t8-,9-,10-;9-,10-,13+;;4-,5-,6-/m11.1/s1. The van der Waals surface area contributed by atoms with Gasteiger partial charge in [0.25, 0.3) is 0 Å². The number of nitrogens with one attached hydrogen (secondary N) is 1. The monoisotopic (exact) mass is 1180 g/mol. The summed E-state index contributed by atoms with van der Waals surface area (Å²) in [6, 6.07) is 0.426. The molecular weight excluding hydrogens is 1100 g/mol. The predicted octanol–water partition coefficient (Wildman–Crippen LogP) is -2.14. The fourth-order valence-electron chi connectivity index (χ4n) is 6.82. The number of anilines is 3. The number of carbonyl (C=O) groups excluding carboxylic acids is 5. The zero-order chi connectivity index (χ0) is 59.7. The Morgan fingerprint density at radius 1 is 0.650 bits per heavy atom. The number of methoxy groups -OCH3 is 4. The van der Waals surface area contributed by atoms with Crippen LogP contribution in [0.3, 0.4) is 0 Å². The molecule has 9 atom stereocenters. The summed E-state index contributed by atoms with van der Waals surface area (Å²) in [7, 11) is 2.35. The van der Waals surface area contributed by atoms with Gasteiger partial charge in [0.15, 0.2) is 0 Å². The van der Waals surface area contributed by atoms with Gasteiger partial charge in [0, 0.05) is 48.2 Å². The molecule has 3 aromatic heterocycles. The van der Waals surface area contributed by atoms with E-state index in [1.165, 1.54) is 54.3 Å². The fourth-order valence-corrected chi connectivity index (χ4v) is 8.26. The molecule has 6 rings (SSSR count). The molecule has 0 aromatic carbocycles. The molecule has 3 aliphatic rings. The van der Waals surface area contributed by atoms with Gasteiger partial charge >= 0.3 is 47.2 Å². The highest BCUT2D eigenvalue weighted by molar-refractivity contribution is 6.79. The quantitative estimate of drug-likeness (QED) is 0.0407. The Morgan fingerprint density at radius 2 is 1.11 bits per heavy atom. The predicted molar refractivity (Wildman–Crippen MR) is 277 cm³/mol. The third kappa shape index (κ3) is 24.7. The first-order valence-corrected chi connectivity index (χ1v) is 31.2. The molecule has 0 amide bonds. The summed E-state index contributed by atoms with van der Waals surface area (Å²) in [6.45, 7) is 12.6. The zero-order valence-electron chi connectivity index (χ0n) is 46.2. The van der Waals surface area contributed by atoms with E-state index in [0.29, 0.717) is 12.0 Å². The highest BCUT2D eigenvalue weighted by Gasteiger charge is 2.42. The second-order valence-electron chi connectivity index (χ2n) is 19.1. The number of carbonyl (C=O) groups is 5. The van der Waals surface area contributed by atoms with Crippen LogP contribution in [-0.2, 0) is 80.8 Å². The van der Waals surface area contributed by atoms with Gasteiger partial charge in [-0.15, -0.1) is 0 Å². The summed E-state index contributed by atoms with van der Waals surface area (Å²) in [6.07, 6.45) is -2.43. The van der Waals surface area contributed by atoms with Crippen LogP contribution in [0, 0.1) is 0 Å². The molecule has 36 heteroatoms. The molecule has 6 heterocycles. The molecule has 34 nitrogen and oxygen atoms in total. The van der Waals surface area contributed by atoms with Crippen LogP contribution in [-0.4, -0.2) is 218 Å². The Labute approximate surface area is 460 Å². The number of esters is 5. The van der Waals surface area contributed by atoms with Crippen LogP contribution in [0.2, 0.25) is 39.3 Å². The van der Waals surface area contributed by atoms with Gasteiger partial charge in [-0.05, 0) is 19.6 Å². The molecule has 0 aliphatic carbocycles. The summed E-state index contributed by atoms with van der Waals surface area (Å²) in [5, 5.41) is 18.4. The van der Waals surface area contributed by atoms with E-state index in [1.54, 1.807) is 0 Å². The average molecular weight is 1180 g/mol. The summed E-state index contributed by atoms with van der Waals surface area (Å²) in [5.74, 6) is -2.58. The van der Waals surface area contributed by atoms with Gasteiger partial charge in [-0.25, -0.2) is 43.7 Å². The van der Waals surface area contributed by atoms with Gasteiger partial charge in [0.1, 0.15) is 110 Å². The van der Waals surface area contributed by atoms with Gasteiger partial charge in [0.05, 0.1) is 19.1 Å². The molecule has 0 spiro atoms. The van der Waals surface area contributed by atoms with Crippen LogP contribution in [0.4, 0.5) is 17.8 Å². The van der Waals surface area contributed by atoms with Crippen molar-refractivity contribution in [3.05, 3.63) is 40.0 Å². The maximum Gasteiger partial charge on any atom is 0.354 e. The molecule has 80 heavy (non-hydrogen) atoms. The van der Waals surface area contributed by atoms with Gasteiger partial charge in [-0.2, -0.15) is 19.9 Å². The third-order valence-electron chi connectivity index (χ3n) is 10.0. The van der Waals surface area contributed by atoms with Crippen LogP contribution in [0.5, 0.6) is 6.01 Å². The topological polar surface area (TPSA) is 444 Å². The minimum Gasteiger partial charge on any atom is -0.518 e. The van der Waals surface area contributed by atoms with Crippen LogP contribution < -0.4 is 32.3 Å². The van der Waals surface area contributed by atoms with Crippen molar-refractivity contribution in [3.8, 4) is 6.01 Å². The normalized spacial score (nSPS) is 22.1. The van der Waals surface area contributed by atoms with Crippen LogP contribution in [0.15, 0.2) is 28.6 Å². The minimum atomic E-state index is -1.65. The Hall–Kier alpha value is -6.75. The van der Waals surface area contributed by atoms with E-state index in [-0.39, 0.29) is 77.4 Å².